The fourth-order valence-corrected chi connectivity index (χ4v) is 1.26. The standard InChI is InChI=1S/C9H18N4/c1-3-4-8(10)7-11-9-5-6-12-13(9)2/h5-6,8,11H,3-4,7,10H2,1-2H3. The zero-order valence-electron chi connectivity index (χ0n) is 8.33. The summed E-state index contributed by atoms with van der Waals surface area (Å²) in [7, 11) is 1.91. The molecule has 74 valence electrons. The Hall–Kier alpha value is -1.03. The topological polar surface area (TPSA) is 55.9 Å². The highest BCUT2D eigenvalue weighted by Gasteiger charge is 2.02. The van der Waals surface area contributed by atoms with Gasteiger partial charge in [0.25, 0.3) is 0 Å². The minimum absolute atomic E-state index is 0.236. The predicted molar refractivity (Wildman–Crippen MR) is 54.6 cm³/mol. The third-order valence-electron chi connectivity index (χ3n) is 2.03. The SMILES string of the molecule is CCCC(N)CNc1ccnn1C. The van der Waals surface area contributed by atoms with Crippen molar-refractivity contribution < 1.29 is 0 Å². The van der Waals surface area contributed by atoms with Crippen LogP contribution in [0.15, 0.2) is 12.3 Å². The maximum Gasteiger partial charge on any atom is 0.123 e. The van der Waals surface area contributed by atoms with Crippen molar-refractivity contribution >= 4 is 5.82 Å². The van der Waals surface area contributed by atoms with Gasteiger partial charge in [-0.15, -0.1) is 0 Å². The first-order chi connectivity index (χ1) is 6.24. The number of aromatic nitrogens is 2. The van der Waals surface area contributed by atoms with Gasteiger partial charge in [0.05, 0.1) is 6.20 Å². The minimum Gasteiger partial charge on any atom is -0.369 e. The van der Waals surface area contributed by atoms with Crippen molar-refractivity contribution in [2.45, 2.75) is 25.8 Å². The third-order valence-corrected chi connectivity index (χ3v) is 2.03. The molecule has 1 rings (SSSR count). The van der Waals surface area contributed by atoms with Crippen molar-refractivity contribution in [1.29, 1.82) is 0 Å². The van der Waals surface area contributed by atoms with Crippen molar-refractivity contribution in [3.8, 4) is 0 Å². The number of anilines is 1. The molecule has 1 aromatic heterocycles. The number of hydrogen-bond donors (Lipinski definition) is 2. The van der Waals surface area contributed by atoms with Crippen LogP contribution in [-0.4, -0.2) is 22.4 Å². The molecule has 13 heavy (non-hydrogen) atoms. The molecule has 1 aromatic rings. The van der Waals surface area contributed by atoms with Crippen LogP contribution in [0.5, 0.6) is 0 Å². The first kappa shape index (κ1) is 10.1. The molecule has 4 nitrogen and oxygen atoms in total. The van der Waals surface area contributed by atoms with Gasteiger partial charge in [-0.1, -0.05) is 13.3 Å². The predicted octanol–water partition coefficient (Wildman–Crippen LogP) is 0.959. The quantitative estimate of drug-likeness (QED) is 0.713. The van der Waals surface area contributed by atoms with E-state index in [-0.39, 0.29) is 6.04 Å². The van der Waals surface area contributed by atoms with Gasteiger partial charge in [0.1, 0.15) is 5.82 Å². The summed E-state index contributed by atoms with van der Waals surface area (Å²) >= 11 is 0. The van der Waals surface area contributed by atoms with E-state index in [0.29, 0.717) is 0 Å². The number of hydrogen-bond acceptors (Lipinski definition) is 3. The first-order valence-corrected chi connectivity index (χ1v) is 4.71. The summed E-state index contributed by atoms with van der Waals surface area (Å²) in [6, 6.07) is 2.18. The van der Waals surface area contributed by atoms with E-state index >= 15 is 0 Å². The second-order valence-corrected chi connectivity index (χ2v) is 3.27. The lowest BCUT2D eigenvalue weighted by molar-refractivity contribution is 0.622. The first-order valence-electron chi connectivity index (χ1n) is 4.71. The van der Waals surface area contributed by atoms with Crippen LogP contribution >= 0.6 is 0 Å². The molecule has 4 heteroatoms. The molecule has 0 saturated heterocycles. The Morgan fingerprint density at radius 1 is 1.69 bits per heavy atom. The molecule has 1 heterocycles. The van der Waals surface area contributed by atoms with Gasteiger partial charge in [-0.25, -0.2) is 0 Å². The van der Waals surface area contributed by atoms with Crippen LogP contribution in [0.25, 0.3) is 0 Å². The summed E-state index contributed by atoms with van der Waals surface area (Å²) in [5.41, 5.74) is 5.86. The van der Waals surface area contributed by atoms with Crippen molar-refractivity contribution in [1.82, 2.24) is 9.78 Å². The smallest absolute Gasteiger partial charge is 0.123 e. The van der Waals surface area contributed by atoms with Crippen LogP contribution in [0.1, 0.15) is 19.8 Å². The molecule has 0 saturated carbocycles. The molecule has 0 aliphatic carbocycles. The average Bonchev–Trinajstić information content (AvgIpc) is 2.48. The number of nitrogens with zero attached hydrogens (tertiary/aromatic N) is 2. The zero-order chi connectivity index (χ0) is 9.68. The van der Waals surface area contributed by atoms with Gasteiger partial charge < -0.3 is 11.1 Å². The van der Waals surface area contributed by atoms with E-state index in [1.807, 2.05) is 13.1 Å². The Kier molecular flexibility index (Phi) is 3.76. The Morgan fingerprint density at radius 3 is 3.00 bits per heavy atom. The fraction of sp³-hybridized carbons (Fsp3) is 0.667. The molecule has 0 aliphatic heterocycles. The maximum atomic E-state index is 5.86. The number of nitrogens with one attached hydrogen (secondary N) is 1. The van der Waals surface area contributed by atoms with Gasteiger partial charge >= 0.3 is 0 Å². The van der Waals surface area contributed by atoms with Gasteiger partial charge in [-0.05, 0) is 6.42 Å². The van der Waals surface area contributed by atoms with E-state index < -0.39 is 0 Å². The Labute approximate surface area is 79.1 Å². The second-order valence-electron chi connectivity index (χ2n) is 3.27. The van der Waals surface area contributed by atoms with Crippen LogP contribution in [0.4, 0.5) is 5.82 Å². The van der Waals surface area contributed by atoms with Crippen LogP contribution in [0.2, 0.25) is 0 Å². The molecule has 0 fully saturated rings. The van der Waals surface area contributed by atoms with Crippen LogP contribution in [0.3, 0.4) is 0 Å². The van der Waals surface area contributed by atoms with Gasteiger partial charge in [0, 0.05) is 25.7 Å². The fourth-order valence-electron chi connectivity index (χ4n) is 1.26. The summed E-state index contributed by atoms with van der Waals surface area (Å²) in [5.74, 6) is 1.02. The zero-order valence-corrected chi connectivity index (χ0v) is 8.33. The minimum atomic E-state index is 0.236. The molecular weight excluding hydrogens is 164 g/mol. The third kappa shape index (κ3) is 3.06. The summed E-state index contributed by atoms with van der Waals surface area (Å²) < 4.78 is 1.80. The number of nitrogens with two attached hydrogens (primary N) is 1. The Morgan fingerprint density at radius 2 is 2.46 bits per heavy atom. The number of aryl methyl sites for hydroxylation is 1. The Balaban J connectivity index is 2.30. The molecule has 3 N–H and O–H groups in total. The van der Waals surface area contributed by atoms with E-state index in [1.165, 1.54) is 0 Å². The second kappa shape index (κ2) is 4.87. The molecule has 1 atom stereocenters. The largest absolute Gasteiger partial charge is 0.369 e. The highest BCUT2D eigenvalue weighted by Crippen LogP contribution is 2.03. The van der Waals surface area contributed by atoms with Crippen molar-refractivity contribution in [2.24, 2.45) is 12.8 Å². The highest BCUT2D eigenvalue weighted by molar-refractivity contribution is 5.33. The van der Waals surface area contributed by atoms with Gasteiger partial charge in [-0.2, -0.15) is 5.10 Å². The summed E-state index contributed by atoms with van der Waals surface area (Å²) in [5, 5.41) is 7.31. The number of rotatable bonds is 5. The van der Waals surface area contributed by atoms with E-state index in [1.54, 1.807) is 10.9 Å². The molecule has 0 spiro atoms. The van der Waals surface area contributed by atoms with Crippen LogP contribution in [0, 0.1) is 0 Å². The lowest BCUT2D eigenvalue weighted by atomic mass is 10.2. The average molecular weight is 182 g/mol. The summed E-state index contributed by atoms with van der Waals surface area (Å²) in [6.45, 7) is 2.96. The monoisotopic (exact) mass is 182 g/mol. The van der Waals surface area contributed by atoms with E-state index in [2.05, 4.69) is 17.3 Å². The molecule has 1 unspecified atom stereocenters. The lowest BCUT2D eigenvalue weighted by Crippen LogP contribution is -2.29. The molecule has 0 aliphatic rings. The normalized spacial score (nSPS) is 12.8. The van der Waals surface area contributed by atoms with Gasteiger partial charge in [0.2, 0.25) is 0 Å². The maximum absolute atomic E-state index is 5.86. The summed E-state index contributed by atoms with van der Waals surface area (Å²) in [6.07, 6.45) is 3.97. The van der Waals surface area contributed by atoms with Gasteiger partial charge in [0.15, 0.2) is 0 Å². The van der Waals surface area contributed by atoms with Crippen molar-refractivity contribution in [3.05, 3.63) is 12.3 Å². The molecule has 0 bridgehead atoms. The van der Waals surface area contributed by atoms with Crippen molar-refractivity contribution in [3.63, 3.8) is 0 Å². The molecule has 0 radical (unpaired) electrons. The molecular formula is C9H18N4. The highest BCUT2D eigenvalue weighted by atomic mass is 15.3. The van der Waals surface area contributed by atoms with Crippen molar-refractivity contribution in [2.75, 3.05) is 11.9 Å². The molecule has 0 amide bonds. The molecule has 0 aromatic carbocycles. The summed E-state index contributed by atoms with van der Waals surface area (Å²) in [4.78, 5) is 0. The van der Waals surface area contributed by atoms with Crippen LogP contribution in [-0.2, 0) is 7.05 Å². The van der Waals surface area contributed by atoms with E-state index in [4.69, 9.17) is 5.73 Å². The lowest BCUT2D eigenvalue weighted by Gasteiger charge is -2.12. The van der Waals surface area contributed by atoms with E-state index in [9.17, 15) is 0 Å². The Bertz CT molecular complexity index is 244. The van der Waals surface area contributed by atoms with Crippen LogP contribution < -0.4 is 11.1 Å². The van der Waals surface area contributed by atoms with Gasteiger partial charge in [-0.3, -0.25) is 4.68 Å². The van der Waals surface area contributed by atoms with E-state index in [0.717, 1.165) is 25.2 Å².